The van der Waals surface area contributed by atoms with E-state index in [0.29, 0.717) is 12.8 Å². The molecule has 2 aliphatic carbocycles. The number of rotatable bonds is 5. The predicted octanol–water partition coefficient (Wildman–Crippen LogP) is 2.95. The number of carboxylic acids is 1. The Bertz CT molecular complexity index is 383. The molecule has 2 fully saturated rings. The van der Waals surface area contributed by atoms with E-state index in [2.05, 4.69) is 6.58 Å². The minimum absolute atomic E-state index is 0.00235. The highest BCUT2D eigenvalue weighted by Crippen LogP contribution is 2.42. The molecule has 0 saturated heterocycles. The molecule has 0 bridgehead atoms. The lowest BCUT2D eigenvalue weighted by Crippen LogP contribution is -2.64. The first kappa shape index (κ1) is 14.9. The van der Waals surface area contributed by atoms with Crippen LogP contribution in [0, 0.1) is 0 Å². The average Bonchev–Trinajstić information content (AvgIpc) is 2.40. The van der Waals surface area contributed by atoms with Gasteiger partial charge in [-0.05, 0) is 32.1 Å². The Balaban J connectivity index is 2.20. The van der Waals surface area contributed by atoms with E-state index >= 15 is 0 Å². The van der Waals surface area contributed by atoms with Crippen LogP contribution >= 0.6 is 0 Å². The summed E-state index contributed by atoms with van der Waals surface area (Å²) in [4.78, 5) is 25.6. The summed E-state index contributed by atoms with van der Waals surface area (Å²) in [7, 11) is 0. The number of nitrogens with zero attached hydrogens (tertiary/aromatic N) is 1. The second-order valence-electron chi connectivity index (χ2n) is 5.72. The Morgan fingerprint density at radius 2 is 1.90 bits per heavy atom. The molecule has 0 aromatic heterocycles. The van der Waals surface area contributed by atoms with Crippen LogP contribution in [0.1, 0.15) is 51.4 Å². The van der Waals surface area contributed by atoms with Gasteiger partial charge in [0.2, 0.25) is 0 Å². The molecule has 0 unspecified atom stereocenters. The van der Waals surface area contributed by atoms with Gasteiger partial charge in [0.15, 0.2) is 0 Å². The lowest BCUT2D eigenvalue weighted by atomic mass is 9.73. The van der Waals surface area contributed by atoms with Crippen molar-refractivity contribution in [1.29, 1.82) is 0 Å². The van der Waals surface area contributed by atoms with Crippen molar-refractivity contribution < 1.29 is 19.4 Å². The maximum atomic E-state index is 12.3. The summed E-state index contributed by atoms with van der Waals surface area (Å²) in [5.74, 6) is -0.898. The molecule has 2 aliphatic rings. The Labute approximate surface area is 119 Å². The minimum atomic E-state index is -1.04. The molecule has 0 spiro atoms. The molecule has 2 saturated carbocycles. The summed E-state index contributed by atoms with van der Waals surface area (Å²) >= 11 is 0. The molecule has 0 aliphatic heterocycles. The summed E-state index contributed by atoms with van der Waals surface area (Å²) in [5.41, 5.74) is -1.04. The number of aliphatic carboxylic acids is 1. The molecule has 0 atom stereocenters. The van der Waals surface area contributed by atoms with Crippen LogP contribution in [0.4, 0.5) is 4.79 Å². The van der Waals surface area contributed by atoms with Crippen molar-refractivity contribution in [1.82, 2.24) is 4.90 Å². The fourth-order valence-electron chi connectivity index (χ4n) is 3.28. The number of carbonyl (C=O) groups excluding carboxylic acids is 1. The van der Waals surface area contributed by atoms with Gasteiger partial charge in [-0.25, -0.2) is 9.59 Å². The van der Waals surface area contributed by atoms with Gasteiger partial charge in [0.05, 0.1) is 0 Å². The van der Waals surface area contributed by atoms with Crippen LogP contribution in [0.25, 0.3) is 0 Å². The van der Waals surface area contributed by atoms with E-state index in [1.807, 2.05) is 0 Å². The summed E-state index contributed by atoms with van der Waals surface area (Å²) in [5, 5.41) is 9.59. The monoisotopic (exact) mass is 281 g/mol. The zero-order valence-corrected chi connectivity index (χ0v) is 11.8. The van der Waals surface area contributed by atoms with Crippen LogP contribution in [0.2, 0.25) is 0 Å². The zero-order chi connectivity index (χ0) is 14.6. The minimum Gasteiger partial charge on any atom is -0.479 e. The molecule has 0 aromatic rings. The van der Waals surface area contributed by atoms with Crippen molar-refractivity contribution in [3.63, 3.8) is 0 Å². The van der Waals surface area contributed by atoms with Crippen LogP contribution in [0.5, 0.6) is 0 Å². The molecule has 2 rings (SSSR count). The second kappa shape index (κ2) is 6.29. The van der Waals surface area contributed by atoms with Crippen LogP contribution in [-0.2, 0) is 9.53 Å². The summed E-state index contributed by atoms with van der Waals surface area (Å²) in [6.07, 6.45) is 7.91. The Morgan fingerprint density at radius 3 is 2.35 bits per heavy atom. The molecule has 1 N–H and O–H groups in total. The number of hydrogen-bond donors (Lipinski definition) is 1. The molecule has 20 heavy (non-hydrogen) atoms. The topological polar surface area (TPSA) is 66.8 Å². The van der Waals surface area contributed by atoms with Crippen molar-refractivity contribution in [3.05, 3.63) is 12.7 Å². The molecule has 5 heteroatoms. The Morgan fingerprint density at radius 1 is 1.25 bits per heavy atom. The first-order valence-electron chi connectivity index (χ1n) is 7.42. The average molecular weight is 281 g/mol. The molecule has 112 valence electrons. The summed E-state index contributed by atoms with van der Waals surface area (Å²) < 4.78 is 5.14. The SMILES string of the molecule is C=CCOC(=O)N(C1CCCCC1)C1(C(=O)O)CCC1. The zero-order valence-electron chi connectivity index (χ0n) is 11.8. The van der Waals surface area contributed by atoms with Gasteiger partial charge in [-0.3, -0.25) is 4.90 Å². The van der Waals surface area contributed by atoms with Crippen molar-refractivity contribution in [2.24, 2.45) is 0 Å². The van der Waals surface area contributed by atoms with Gasteiger partial charge in [-0.2, -0.15) is 0 Å². The molecule has 5 nitrogen and oxygen atoms in total. The highest BCUT2D eigenvalue weighted by atomic mass is 16.6. The quantitative estimate of drug-likeness (QED) is 0.787. The molecule has 1 amide bonds. The number of carbonyl (C=O) groups is 2. The Kier molecular flexibility index (Phi) is 4.68. The number of hydrogen-bond acceptors (Lipinski definition) is 3. The fourth-order valence-corrected chi connectivity index (χ4v) is 3.28. The molecular weight excluding hydrogens is 258 g/mol. The summed E-state index contributed by atoms with van der Waals surface area (Å²) in [6.45, 7) is 3.65. The standard InChI is InChI=1S/C15H23NO4/c1-2-11-20-14(19)16(12-7-4-3-5-8-12)15(13(17)18)9-6-10-15/h2,12H,1,3-11H2,(H,17,18). The lowest BCUT2D eigenvalue weighted by Gasteiger charge is -2.50. The van der Waals surface area contributed by atoms with Gasteiger partial charge < -0.3 is 9.84 Å². The van der Waals surface area contributed by atoms with Gasteiger partial charge in [0.25, 0.3) is 0 Å². The molecular formula is C15H23NO4. The van der Waals surface area contributed by atoms with Gasteiger partial charge in [-0.1, -0.05) is 31.9 Å². The Hall–Kier alpha value is -1.52. The fraction of sp³-hybridized carbons (Fsp3) is 0.733. The van der Waals surface area contributed by atoms with Crippen molar-refractivity contribution in [3.8, 4) is 0 Å². The van der Waals surface area contributed by atoms with Crippen molar-refractivity contribution >= 4 is 12.1 Å². The smallest absolute Gasteiger partial charge is 0.411 e. The number of amides is 1. The molecule has 0 radical (unpaired) electrons. The third-order valence-electron chi connectivity index (χ3n) is 4.50. The first-order chi connectivity index (χ1) is 9.62. The van der Waals surface area contributed by atoms with E-state index in [1.165, 1.54) is 11.0 Å². The van der Waals surface area contributed by atoms with Crippen LogP contribution in [0.15, 0.2) is 12.7 Å². The van der Waals surface area contributed by atoms with Crippen LogP contribution in [-0.4, -0.2) is 40.3 Å². The van der Waals surface area contributed by atoms with E-state index in [-0.39, 0.29) is 12.6 Å². The number of ether oxygens (including phenoxy) is 1. The van der Waals surface area contributed by atoms with Crippen molar-refractivity contribution in [2.45, 2.75) is 62.9 Å². The molecule has 0 aromatic carbocycles. The highest BCUT2D eigenvalue weighted by Gasteiger charge is 2.54. The maximum Gasteiger partial charge on any atom is 0.411 e. The van der Waals surface area contributed by atoms with Gasteiger partial charge in [0, 0.05) is 6.04 Å². The van der Waals surface area contributed by atoms with Gasteiger partial charge >= 0.3 is 12.1 Å². The highest BCUT2D eigenvalue weighted by molar-refractivity contribution is 5.85. The first-order valence-corrected chi connectivity index (χ1v) is 7.42. The van der Waals surface area contributed by atoms with E-state index in [4.69, 9.17) is 4.74 Å². The molecule has 0 heterocycles. The lowest BCUT2D eigenvalue weighted by molar-refractivity contribution is -0.159. The van der Waals surface area contributed by atoms with E-state index < -0.39 is 17.6 Å². The second-order valence-corrected chi connectivity index (χ2v) is 5.72. The van der Waals surface area contributed by atoms with E-state index in [1.54, 1.807) is 0 Å². The van der Waals surface area contributed by atoms with Crippen molar-refractivity contribution in [2.75, 3.05) is 6.61 Å². The van der Waals surface area contributed by atoms with Crippen LogP contribution in [0.3, 0.4) is 0 Å². The normalized spacial score (nSPS) is 21.6. The van der Waals surface area contributed by atoms with Gasteiger partial charge in [0.1, 0.15) is 12.1 Å². The predicted molar refractivity (Wildman–Crippen MR) is 74.5 cm³/mol. The van der Waals surface area contributed by atoms with E-state index in [9.17, 15) is 14.7 Å². The third kappa shape index (κ3) is 2.67. The number of carboxylic acid groups (broad SMARTS) is 1. The summed E-state index contributed by atoms with van der Waals surface area (Å²) in [6, 6.07) is -0.00235. The van der Waals surface area contributed by atoms with E-state index in [0.717, 1.165) is 38.5 Å². The largest absolute Gasteiger partial charge is 0.479 e. The third-order valence-corrected chi connectivity index (χ3v) is 4.50. The van der Waals surface area contributed by atoms with Gasteiger partial charge in [-0.15, -0.1) is 0 Å². The maximum absolute atomic E-state index is 12.3. The van der Waals surface area contributed by atoms with Crippen LogP contribution < -0.4 is 0 Å².